The summed E-state index contributed by atoms with van der Waals surface area (Å²) in [4.78, 5) is 19.1. The predicted molar refractivity (Wildman–Crippen MR) is 135 cm³/mol. The van der Waals surface area contributed by atoms with Gasteiger partial charge in [0.05, 0.1) is 28.5 Å². The number of hydrogen-bond acceptors (Lipinski definition) is 3. The first-order valence-corrected chi connectivity index (χ1v) is 11.2. The van der Waals surface area contributed by atoms with Crippen LogP contribution in [0.1, 0.15) is 28.3 Å². The quantitative estimate of drug-likeness (QED) is 0.343. The van der Waals surface area contributed by atoms with Crippen molar-refractivity contribution in [1.29, 1.82) is 0 Å². The van der Waals surface area contributed by atoms with Gasteiger partial charge in [0.15, 0.2) is 0 Å². The van der Waals surface area contributed by atoms with Gasteiger partial charge >= 0.3 is 0 Å². The highest BCUT2D eigenvalue weighted by atomic mass is 15.2. The van der Waals surface area contributed by atoms with E-state index in [0.717, 1.165) is 63.5 Å². The second-order valence-electron chi connectivity index (χ2n) is 8.59. The summed E-state index contributed by atoms with van der Waals surface area (Å²) >= 11 is 0. The molecule has 0 unspecified atom stereocenters. The maximum absolute atomic E-state index is 5.00. The molecular formula is C28H21N5. The molecule has 0 saturated heterocycles. The van der Waals surface area contributed by atoms with Crippen molar-refractivity contribution in [3.05, 3.63) is 101 Å². The minimum Gasteiger partial charge on any atom is -0.355 e. The van der Waals surface area contributed by atoms with E-state index in [0.29, 0.717) is 0 Å². The topological polar surface area (TPSA) is 60.6 Å². The minimum absolute atomic E-state index is 0.909. The van der Waals surface area contributed by atoms with Crippen molar-refractivity contribution in [2.45, 2.75) is 6.42 Å². The Bertz CT molecular complexity index is 1630. The summed E-state index contributed by atoms with van der Waals surface area (Å²) in [5.41, 5.74) is 11.6. The molecule has 7 rings (SSSR count). The highest BCUT2D eigenvalue weighted by Gasteiger charge is 2.25. The van der Waals surface area contributed by atoms with Gasteiger partial charge in [-0.2, -0.15) is 0 Å². The lowest BCUT2D eigenvalue weighted by atomic mass is 10.2. The van der Waals surface area contributed by atoms with Crippen LogP contribution in [0, 0.1) is 0 Å². The SMILES string of the molecule is C1=Cc2cc3ccc(cc4ccc(cc5nc(cc1n2)C(N1CCc2ccccc21)=C5)[nH]4)[nH]3. The standard InChI is InChI=1S/C28H21N5/c1-2-4-27-18(3-1)11-12-33(27)28-17-25-15-23-8-7-21(30-23)13-19-5-6-20(29-19)14-22-9-10-24(31-22)16-26(28)32-25/h1-10,13-17,29-30H,11-12H2. The van der Waals surface area contributed by atoms with Crippen molar-refractivity contribution >= 4 is 51.7 Å². The van der Waals surface area contributed by atoms with Crippen molar-refractivity contribution in [1.82, 2.24) is 19.9 Å². The molecule has 3 aliphatic rings. The van der Waals surface area contributed by atoms with E-state index < -0.39 is 0 Å². The van der Waals surface area contributed by atoms with Crippen LogP contribution in [-0.2, 0) is 6.42 Å². The number of benzene rings is 1. The molecule has 0 aliphatic carbocycles. The van der Waals surface area contributed by atoms with Gasteiger partial charge in [-0.1, -0.05) is 18.2 Å². The van der Waals surface area contributed by atoms with Crippen LogP contribution in [0.3, 0.4) is 0 Å². The van der Waals surface area contributed by atoms with Crippen LogP contribution in [0.2, 0.25) is 0 Å². The molecule has 5 nitrogen and oxygen atoms in total. The molecule has 0 amide bonds. The van der Waals surface area contributed by atoms with E-state index in [2.05, 4.69) is 99.8 Å². The fraction of sp³-hybridized carbons (Fsp3) is 0.0714. The van der Waals surface area contributed by atoms with Crippen LogP contribution >= 0.6 is 0 Å². The fourth-order valence-electron chi connectivity index (χ4n) is 4.80. The number of aromatic nitrogens is 4. The lowest BCUT2D eigenvalue weighted by Crippen LogP contribution is -2.17. The Morgan fingerprint density at radius 1 is 0.667 bits per heavy atom. The summed E-state index contributed by atoms with van der Waals surface area (Å²) < 4.78 is 0. The number of H-pyrrole nitrogens is 2. The Hall–Kier alpha value is -4.38. The van der Waals surface area contributed by atoms with Crippen molar-refractivity contribution in [2.24, 2.45) is 0 Å². The summed E-state index contributed by atoms with van der Waals surface area (Å²) in [6.07, 6.45) is 7.33. The van der Waals surface area contributed by atoms with Gasteiger partial charge in [0.2, 0.25) is 0 Å². The maximum Gasteiger partial charge on any atom is 0.0896 e. The summed E-state index contributed by atoms with van der Waals surface area (Å²) in [5, 5.41) is 0. The Kier molecular flexibility index (Phi) is 3.90. The lowest BCUT2D eigenvalue weighted by molar-refractivity contribution is 1.00. The first-order chi connectivity index (χ1) is 16.3. The zero-order valence-electron chi connectivity index (χ0n) is 17.9. The molecule has 33 heavy (non-hydrogen) atoms. The third-order valence-corrected chi connectivity index (χ3v) is 6.32. The highest BCUT2D eigenvalue weighted by Crippen LogP contribution is 2.36. The van der Waals surface area contributed by atoms with Gasteiger partial charge in [-0.15, -0.1) is 0 Å². The first-order valence-electron chi connectivity index (χ1n) is 11.2. The van der Waals surface area contributed by atoms with Crippen LogP contribution in [0.4, 0.5) is 5.69 Å². The number of aromatic amines is 2. The average Bonchev–Trinajstić information content (AvgIpc) is 3.62. The van der Waals surface area contributed by atoms with Gasteiger partial charge in [-0.25, -0.2) is 9.97 Å². The zero-order chi connectivity index (χ0) is 21.8. The Balaban J connectivity index is 1.47. The van der Waals surface area contributed by atoms with Crippen LogP contribution in [0.25, 0.3) is 46.0 Å². The molecule has 3 aliphatic heterocycles. The average molecular weight is 428 g/mol. The van der Waals surface area contributed by atoms with Gasteiger partial charge in [-0.05, 0) is 84.8 Å². The van der Waals surface area contributed by atoms with Gasteiger partial charge in [0.1, 0.15) is 0 Å². The van der Waals surface area contributed by atoms with E-state index >= 15 is 0 Å². The van der Waals surface area contributed by atoms with Gasteiger partial charge in [0.25, 0.3) is 0 Å². The number of anilines is 1. The monoisotopic (exact) mass is 427 g/mol. The molecule has 0 fully saturated rings. The molecule has 4 aromatic rings. The van der Waals surface area contributed by atoms with E-state index in [1.54, 1.807) is 0 Å². The normalized spacial score (nSPS) is 14.4. The first kappa shape index (κ1) is 18.2. The zero-order valence-corrected chi connectivity index (χ0v) is 17.9. The van der Waals surface area contributed by atoms with Gasteiger partial charge in [0, 0.05) is 34.3 Å². The Morgan fingerprint density at radius 2 is 1.33 bits per heavy atom. The van der Waals surface area contributed by atoms with Crippen LogP contribution in [-0.4, -0.2) is 26.5 Å². The number of rotatable bonds is 1. The van der Waals surface area contributed by atoms with E-state index in [9.17, 15) is 0 Å². The minimum atomic E-state index is 0.909. The molecule has 1 aromatic carbocycles. The van der Waals surface area contributed by atoms with Crippen molar-refractivity contribution < 1.29 is 0 Å². The fourth-order valence-corrected chi connectivity index (χ4v) is 4.80. The molecule has 0 atom stereocenters. The van der Waals surface area contributed by atoms with Crippen molar-refractivity contribution in [2.75, 3.05) is 11.4 Å². The van der Waals surface area contributed by atoms with E-state index in [1.165, 1.54) is 11.3 Å². The van der Waals surface area contributed by atoms with E-state index in [-0.39, 0.29) is 0 Å². The summed E-state index contributed by atoms with van der Waals surface area (Å²) in [5.74, 6) is 0. The number of nitrogens with zero attached hydrogens (tertiary/aromatic N) is 3. The Labute approximate surface area is 190 Å². The molecule has 0 saturated carbocycles. The smallest absolute Gasteiger partial charge is 0.0896 e. The number of fused-ring (bicyclic) bond motifs is 9. The molecule has 5 heteroatoms. The van der Waals surface area contributed by atoms with Gasteiger partial charge < -0.3 is 14.9 Å². The van der Waals surface area contributed by atoms with Crippen LogP contribution in [0.5, 0.6) is 0 Å². The maximum atomic E-state index is 5.00. The molecule has 3 aromatic heterocycles. The second-order valence-corrected chi connectivity index (χ2v) is 8.59. The number of para-hydroxylation sites is 1. The predicted octanol–water partition coefficient (Wildman–Crippen LogP) is 6.05. The van der Waals surface area contributed by atoms with E-state index in [4.69, 9.17) is 9.97 Å². The summed E-state index contributed by atoms with van der Waals surface area (Å²) in [6, 6.07) is 25.3. The van der Waals surface area contributed by atoms with Gasteiger partial charge in [-0.3, -0.25) is 0 Å². The van der Waals surface area contributed by atoms with Crippen LogP contribution in [0.15, 0.2) is 72.8 Å². The third kappa shape index (κ3) is 3.26. The van der Waals surface area contributed by atoms with E-state index in [1.807, 2.05) is 6.08 Å². The molecule has 6 heterocycles. The molecule has 158 valence electrons. The lowest BCUT2D eigenvalue weighted by Gasteiger charge is -2.20. The number of hydrogen-bond donors (Lipinski definition) is 2. The van der Waals surface area contributed by atoms with Crippen molar-refractivity contribution in [3.63, 3.8) is 0 Å². The molecule has 0 spiro atoms. The Morgan fingerprint density at radius 3 is 2.12 bits per heavy atom. The second kappa shape index (κ2) is 7.07. The molecule has 2 N–H and O–H groups in total. The molecule has 0 radical (unpaired) electrons. The largest absolute Gasteiger partial charge is 0.355 e. The highest BCUT2D eigenvalue weighted by molar-refractivity contribution is 5.93. The van der Waals surface area contributed by atoms with Crippen molar-refractivity contribution in [3.8, 4) is 0 Å². The summed E-state index contributed by atoms with van der Waals surface area (Å²) in [6.45, 7) is 0.954. The summed E-state index contributed by atoms with van der Waals surface area (Å²) in [7, 11) is 0. The van der Waals surface area contributed by atoms with Crippen LogP contribution < -0.4 is 4.90 Å². The number of nitrogens with one attached hydrogen (secondary N) is 2. The molecular weight excluding hydrogens is 406 g/mol. The molecule has 8 bridgehead atoms. The third-order valence-electron chi connectivity index (χ3n) is 6.32.